The van der Waals surface area contributed by atoms with Gasteiger partial charge in [0.1, 0.15) is 6.61 Å². The SMILES string of the molecule is CC(C)(C)OCC(=O)NC1CCCCC1CO. The van der Waals surface area contributed by atoms with Gasteiger partial charge in [-0.1, -0.05) is 12.8 Å². The Bertz CT molecular complexity index is 248. The molecule has 1 saturated carbocycles. The maximum atomic E-state index is 11.7. The minimum absolute atomic E-state index is 0.0784. The molecule has 0 aromatic heterocycles. The smallest absolute Gasteiger partial charge is 0.246 e. The normalized spacial score (nSPS) is 25.6. The van der Waals surface area contributed by atoms with E-state index in [0.29, 0.717) is 0 Å². The Morgan fingerprint density at radius 3 is 2.59 bits per heavy atom. The Labute approximate surface area is 104 Å². The van der Waals surface area contributed by atoms with Gasteiger partial charge >= 0.3 is 0 Å². The Kier molecular flexibility index (Phi) is 5.40. The topological polar surface area (TPSA) is 58.6 Å². The highest BCUT2D eigenvalue weighted by molar-refractivity contribution is 5.77. The molecule has 1 aliphatic rings. The van der Waals surface area contributed by atoms with Crippen LogP contribution in [-0.2, 0) is 9.53 Å². The Morgan fingerprint density at radius 1 is 1.35 bits per heavy atom. The van der Waals surface area contributed by atoms with E-state index < -0.39 is 0 Å². The second-order valence-electron chi connectivity index (χ2n) is 5.80. The molecule has 0 aromatic rings. The standard InChI is InChI=1S/C13H25NO3/c1-13(2,3)17-9-12(16)14-11-7-5-4-6-10(11)8-15/h10-11,15H,4-9H2,1-3H3,(H,14,16). The van der Waals surface area contributed by atoms with Gasteiger partial charge in [-0.05, 0) is 33.6 Å². The van der Waals surface area contributed by atoms with Crippen LogP contribution in [0, 0.1) is 5.92 Å². The minimum Gasteiger partial charge on any atom is -0.396 e. The van der Waals surface area contributed by atoms with Crippen molar-refractivity contribution in [3.63, 3.8) is 0 Å². The average Bonchev–Trinajstić information content (AvgIpc) is 2.26. The number of rotatable bonds is 4. The van der Waals surface area contributed by atoms with Crippen molar-refractivity contribution in [2.75, 3.05) is 13.2 Å². The molecule has 1 aliphatic carbocycles. The van der Waals surface area contributed by atoms with E-state index in [4.69, 9.17) is 4.74 Å². The second kappa shape index (κ2) is 6.36. The highest BCUT2D eigenvalue weighted by atomic mass is 16.5. The molecule has 0 radical (unpaired) electrons. The van der Waals surface area contributed by atoms with E-state index in [1.807, 2.05) is 20.8 Å². The van der Waals surface area contributed by atoms with Crippen LogP contribution in [0.4, 0.5) is 0 Å². The van der Waals surface area contributed by atoms with Gasteiger partial charge in [-0.2, -0.15) is 0 Å². The average molecular weight is 243 g/mol. The zero-order valence-corrected chi connectivity index (χ0v) is 11.2. The lowest BCUT2D eigenvalue weighted by atomic mass is 9.85. The van der Waals surface area contributed by atoms with Crippen LogP contribution >= 0.6 is 0 Å². The van der Waals surface area contributed by atoms with Crippen LogP contribution < -0.4 is 5.32 Å². The quantitative estimate of drug-likeness (QED) is 0.786. The van der Waals surface area contributed by atoms with E-state index in [9.17, 15) is 9.90 Å². The molecule has 0 saturated heterocycles. The van der Waals surface area contributed by atoms with E-state index in [1.165, 1.54) is 0 Å². The number of aliphatic hydroxyl groups excluding tert-OH is 1. The summed E-state index contributed by atoms with van der Waals surface area (Å²) in [5.41, 5.74) is -0.291. The molecule has 4 heteroatoms. The van der Waals surface area contributed by atoms with Crippen LogP contribution in [0.25, 0.3) is 0 Å². The molecule has 1 amide bonds. The van der Waals surface area contributed by atoms with Crippen LogP contribution in [0.15, 0.2) is 0 Å². The third kappa shape index (κ3) is 5.50. The molecule has 100 valence electrons. The number of nitrogens with one attached hydrogen (secondary N) is 1. The van der Waals surface area contributed by atoms with Gasteiger partial charge in [0, 0.05) is 18.6 Å². The molecule has 0 aromatic carbocycles. The maximum Gasteiger partial charge on any atom is 0.246 e. The fourth-order valence-electron chi connectivity index (χ4n) is 2.15. The first-order valence-electron chi connectivity index (χ1n) is 6.46. The number of hydrogen-bond acceptors (Lipinski definition) is 3. The molecule has 2 unspecified atom stereocenters. The molecule has 1 rings (SSSR count). The monoisotopic (exact) mass is 243 g/mol. The molecule has 1 fully saturated rings. The molecule has 2 atom stereocenters. The summed E-state index contributed by atoms with van der Waals surface area (Å²) in [6, 6.07) is 0.116. The van der Waals surface area contributed by atoms with Crippen molar-refractivity contribution in [1.82, 2.24) is 5.32 Å². The van der Waals surface area contributed by atoms with Crippen molar-refractivity contribution in [3.05, 3.63) is 0 Å². The number of aliphatic hydroxyl groups is 1. The molecule has 2 N–H and O–H groups in total. The zero-order valence-electron chi connectivity index (χ0n) is 11.2. The first-order valence-corrected chi connectivity index (χ1v) is 6.46. The summed E-state index contributed by atoms with van der Waals surface area (Å²) < 4.78 is 5.43. The minimum atomic E-state index is -0.291. The second-order valence-corrected chi connectivity index (χ2v) is 5.80. The van der Waals surface area contributed by atoms with Crippen molar-refractivity contribution in [2.24, 2.45) is 5.92 Å². The number of hydrogen-bond donors (Lipinski definition) is 2. The maximum absolute atomic E-state index is 11.7. The first-order chi connectivity index (χ1) is 7.92. The third-order valence-corrected chi connectivity index (χ3v) is 3.13. The molecule has 0 aliphatic heterocycles. The molecule has 0 bridgehead atoms. The van der Waals surface area contributed by atoms with Crippen LogP contribution in [0.5, 0.6) is 0 Å². The van der Waals surface area contributed by atoms with Crippen molar-refractivity contribution in [1.29, 1.82) is 0 Å². The predicted molar refractivity (Wildman–Crippen MR) is 66.7 cm³/mol. The van der Waals surface area contributed by atoms with Gasteiger partial charge in [-0.3, -0.25) is 4.79 Å². The van der Waals surface area contributed by atoms with E-state index in [1.54, 1.807) is 0 Å². The van der Waals surface area contributed by atoms with Gasteiger partial charge in [0.2, 0.25) is 5.91 Å². The summed E-state index contributed by atoms with van der Waals surface area (Å²) in [6.45, 7) is 6.04. The summed E-state index contributed by atoms with van der Waals surface area (Å²) >= 11 is 0. The first kappa shape index (κ1) is 14.5. The van der Waals surface area contributed by atoms with Gasteiger partial charge in [0.15, 0.2) is 0 Å². The van der Waals surface area contributed by atoms with E-state index >= 15 is 0 Å². The van der Waals surface area contributed by atoms with Crippen molar-refractivity contribution in [3.8, 4) is 0 Å². The van der Waals surface area contributed by atoms with Crippen molar-refractivity contribution >= 4 is 5.91 Å². The number of ether oxygens (including phenoxy) is 1. The summed E-state index contributed by atoms with van der Waals surface area (Å²) in [5.74, 6) is 0.132. The molecule has 0 spiro atoms. The van der Waals surface area contributed by atoms with Crippen LogP contribution in [-0.4, -0.2) is 35.9 Å². The fraction of sp³-hybridized carbons (Fsp3) is 0.923. The van der Waals surface area contributed by atoms with Gasteiger partial charge in [-0.25, -0.2) is 0 Å². The predicted octanol–water partition coefficient (Wildman–Crippen LogP) is 1.47. The third-order valence-electron chi connectivity index (χ3n) is 3.13. The van der Waals surface area contributed by atoms with E-state index in [2.05, 4.69) is 5.32 Å². The summed E-state index contributed by atoms with van der Waals surface area (Å²) in [6.07, 6.45) is 4.24. The Morgan fingerprint density at radius 2 is 2.00 bits per heavy atom. The molecule has 4 nitrogen and oxygen atoms in total. The van der Waals surface area contributed by atoms with E-state index in [0.717, 1.165) is 25.7 Å². The Balaban J connectivity index is 2.33. The number of carbonyl (C=O) groups excluding carboxylic acids is 1. The molecule has 17 heavy (non-hydrogen) atoms. The van der Waals surface area contributed by atoms with Crippen LogP contribution in [0.1, 0.15) is 46.5 Å². The lowest BCUT2D eigenvalue weighted by Crippen LogP contribution is -2.45. The van der Waals surface area contributed by atoms with Crippen molar-refractivity contribution < 1.29 is 14.6 Å². The lowest BCUT2D eigenvalue weighted by Gasteiger charge is -2.31. The van der Waals surface area contributed by atoms with Crippen LogP contribution in [0.2, 0.25) is 0 Å². The molecular weight excluding hydrogens is 218 g/mol. The Hall–Kier alpha value is -0.610. The van der Waals surface area contributed by atoms with Gasteiger partial charge < -0.3 is 15.2 Å². The van der Waals surface area contributed by atoms with E-state index in [-0.39, 0.29) is 36.7 Å². The largest absolute Gasteiger partial charge is 0.396 e. The van der Waals surface area contributed by atoms with Crippen LogP contribution in [0.3, 0.4) is 0 Å². The molecular formula is C13H25NO3. The van der Waals surface area contributed by atoms with Gasteiger partial charge in [-0.15, -0.1) is 0 Å². The number of amides is 1. The van der Waals surface area contributed by atoms with Gasteiger partial charge in [0.25, 0.3) is 0 Å². The lowest BCUT2D eigenvalue weighted by molar-refractivity contribution is -0.132. The summed E-state index contributed by atoms with van der Waals surface area (Å²) in [5, 5.41) is 12.2. The molecule has 0 heterocycles. The summed E-state index contributed by atoms with van der Waals surface area (Å²) in [7, 11) is 0. The zero-order chi connectivity index (χ0) is 12.9. The van der Waals surface area contributed by atoms with Gasteiger partial charge in [0.05, 0.1) is 5.60 Å². The fourth-order valence-corrected chi connectivity index (χ4v) is 2.15. The van der Waals surface area contributed by atoms with Crippen molar-refractivity contribution in [2.45, 2.75) is 58.1 Å². The summed E-state index contributed by atoms with van der Waals surface area (Å²) in [4.78, 5) is 11.7. The highest BCUT2D eigenvalue weighted by Crippen LogP contribution is 2.23. The highest BCUT2D eigenvalue weighted by Gasteiger charge is 2.26. The number of carbonyl (C=O) groups is 1.